The topological polar surface area (TPSA) is 53.5 Å². The number of alkyl halides is 1. The molecule has 0 unspecified atom stereocenters. The van der Waals surface area contributed by atoms with Crippen molar-refractivity contribution < 1.29 is 9.84 Å². The third-order valence-electron chi connectivity index (χ3n) is 5.38. The van der Waals surface area contributed by atoms with E-state index in [0.29, 0.717) is 0 Å². The Morgan fingerprint density at radius 1 is 1.15 bits per heavy atom. The number of rotatable bonds is 2. The standard InChI is InChI=1S/C21H25IN2O2S/c1-19(2)13-20(24-21(22,23-19)27-3)12-18(14-7-5-4-6-8-14)26-17-11-15(25)9-10-16(17)20/h4-11,18,23-25H,12-13H2,1-3H3/t18-,20-,21+/m0/s1. The fourth-order valence-corrected chi connectivity index (χ4v) is 6.41. The second-order valence-electron chi connectivity index (χ2n) is 8.09. The number of benzene rings is 2. The Kier molecular flexibility index (Phi) is 4.90. The van der Waals surface area contributed by atoms with Crippen LogP contribution in [-0.4, -0.2) is 19.9 Å². The van der Waals surface area contributed by atoms with Gasteiger partial charge in [0, 0.05) is 23.6 Å². The Morgan fingerprint density at radius 3 is 2.59 bits per heavy atom. The van der Waals surface area contributed by atoms with Crippen LogP contribution in [0.3, 0.4) is 0 Å². The van der Waals surface area contributed by atoms with Crippen LogP contribution in [0.1, 0.15) is 43.9 Å². The Balaban J connectivity index is 1.85. The van der Waals surface area contributed by atoms with Crippen LogP contribution in [-0.2, 0) is 5.54 Å². The fraction of sp³-hybridized carbons (Fsp3) is 0.429. The minimum Gasteiger partial charge on any atom is -0.508 e. The molecule has 1 saturated heterocycles. The maximum atomic E-state index is 10.1. The third kappa shape index (κ3) is 3.69. The van der Waals surface area contributed by atoms with E-state index >= 15 is 0 Å². The zero-order valence-corrected chi connectivity index (χ0v) is 18.7. The van der Waals surface area contributed by atoms with Gasteiger partial charge in [0.1, 0.15) is 17.6 Å². The molecule has 2 aliphatic rings. The highest BCUT2D eigenvalue weighted by Crippen LogP contribution is 2.53. The Hall–Kier alpha value is -0.960. The van der Waals surface area contributed by atoms with Gasteiger partial charge >= 0.3 is 0 Å². The van der Waals surface area contributed by atoms with Crippen molar-refractivity contribution in [1.82, 2.24) is 10.6 Å². The number of fused-ring (bicyclic) bond motifs is 2. The summed E-state index contributed by atoms with van der Waals surface area (Å²) in [6.45, 7) is 4.51. The van der Waals surface area contributed by atoms with E-state index in [1.807, 2.05) is 24.3 Å². The average molecular weight is 496 g/mol. The van der Waals surface area contributed by atoms with Gasteiger partial charge < -0.3 is 9.84 Å². The molecule has 2 aromatic carbocycles. The molecule has 144 valence electrons. The van der Waals surface area contributed by atoms with Crippen molar-refractivity contribution in [2.24, 2.45) is 0 Å². The highest BCUT2D eigenvalue weighted by molar-refractivity contribution is 14.1. The van der Waals surface area contributed by atoms with E-state index in [0.717, 1.165) is 29.7 Å². The summed E-state index contributed by atoms with van der Waals surface area (Å²) >= 11 is 4.24. The van der Waals surface area contributed by atoms with Crippen molar-refractivity contribution in [3.63, 3.8) is 0 Å². The first kappa shape index (κ1) is 19.4. The van der Waals surface area contributed by atoms with Crippen molar-refractivity contribution in [3.05, 3.63) is 59.7 Å². The summed E-state index contributed by atoms with van der Waals surface area (Å²) in [6, 6.07) is 15.9. The van der Waals surface area contributed by atoms with Crippen LogP contribution in [0.5, 0.6) is 11.5 Å². The highest BCUT2D eigenvalue weighted by atomic mass is 127. The molecule has 4 nitrogen and oxygen atoms in total. The van der Waals surface area contributed by atoms with Gasteiger partial charge in [0.15, 0.2) is 3.00 Å². The van der Waals surface area contributed by atoms with Crippen LogP contribution in [0.4, 0.5) is 0 Å². The molecule has 6 heteroatoms. The van der Waals surface area contributed by atoms with Crippen molar-refractivity contribution in [1.29, 1.82) is 0 Å². The van der Waals surface area contributed by atoms with Crippen LogP contribution < -0.4 is 15.4 Å². The molecule has 3 N–H and O–H groups in total. The average Bonchev–Trinajstić information content (AvgIpc) is 2.60. The SMILES string of the molecule is CS[C@]1(I)NC(C)(C)C[C@]2(C[C@@H](c3ccccc3)Oc3cc(O)ccc32)N1. The highest BCUT2D eigenvalue weighted by Gasteiger charge is 2.53. The minimum absolute atomic E-state index is 0.0524. The molecule has 1 fully saturated rings. The molecule has 4 rings (SSSR count). The zero-order valence-electron chi connectivity index (χ0n) is 15.8. The largest absolute Gasteiger partial charge is 0.508 e. The maximum absolute atomic E-state index is 10.1. The number of hydrogen-bond acceptors (Lipinski definition) is 5. The molecular weight excluding hydrogens is 471 g/mol. The summed E-state index contributed by atoms with van der Waals surface area (Å²) in [6.07, 6.45) is 3.82. The van der Waals surface area contributed by atoms with E-state index < -0.39 is 0 Å². The normalized spacial score (nSPS) is 31.9. The summed E-state index contributed by atoms with van der Waals surface area (Å²) < 4.78 is 6.08. The molecule has 0 saturated carbocycles. The van der Waals surface area contributed by atoms with E-state index in [9.17, 15) is 5.11 Å². The van der Waals surface area contributed by atoms with Gasteiger partial charge in [-0.2, -0.15) is 0 Å². The maximum Gasteiger partial charge on any atom is 0.171 e. The monoisotopic (exact) mass is 496 g/mol. The summed E-state index contributed by atoms with van der Waals surface area (Å²) in [5.41, 5.74) is 1.98. The number of phenolic OH excluding ortho intramolecular Hbond substituents is 1. The van der Waals surface area contributed by atoms with Gasteiger partial charge in [-0.15, -0.1) is 11.8 Å². The molecule has 2 aromatic rings. The van der Waals surface area contributed by atoms with Crippen molar-refractivity contribution in [2.45, 2.75) is 46.9 Å². The molecule has 0 amide bonds. The van der Waals surface area contributed by atoms with Crippen molar-refractivity contribution >= 4 is 34.4 Å². The third-order valence-corrected chi connectivity index (χ3v) is 8.01. The smallest absolute Gasteiger partial charge is 0.171 e. The molecule has 1 spiro atoms. The molecular formula is C21H25IN2O2S. The van der Waals surface area contributed by atoms with Gasteiger partial charge in [0.2, 0.25) is 0 Å². The summed E-state index contributed by atoms with van der Waals surface area (Å²) in [7, 11) is 0. The number of nitrogens with one attached hydrogen (secondary N) is 2. The van der Waals surface area contributed by atoms with E-state index in [4.69, 9.17) is 4.74 Å². The number of halogens is 1. The number of phenols is 1. The Labute approximate surface area is 178 Å². The van der Waals surface area contributed by atoms with E-state index in [1.165, 1.54) is 0 Å². The molecule has 27 heavy (non-hydrogen) atoms. The molecule has 0 aromatic heterocycles. The summed E-state index contributed by atoms with van der Waals surface area (Å²) in [4.78, 5) is 0. The van der Waals surface area contributed by atoms with Gasteiger partial charge in [-0.1, -0.05) is 30.3 Å². The van der Waals surface area contributed by atoms with Crippen molar-refractivity contribution in [3.8, 4) is 11.5 Å². The molecule has 0 aliphatic carbocycles. The summed E-state index contributed by atoms with van der Waals surface area (Å²) in [5.74, 6) is 0.997. The number of ether oxygens (including phenoxy) is 1. The molecule has 0 radical (unpaired) electrons. The van der Waals surface area contributed by atoms with Crippen LogP contribution in [0.15, 0.2) is 48.5 Å². The Morgan fingerprint density at radius 2 is 1.89 bits per heavy atom. The van der Waals surface area contributed by atoms with Crippen LogP contribution in [0.2, 0.25) is 0 Å². The molecule has 2 aliphatic heterocycles. The van der Waals surface area contributed by atoms with Gasteiger partial charge in [-0.3, -0.25) is 10.6 Å². The van der Waals surface area contributed by atoms with Crippen LogP contribution >= 0.6 is 34.4 Å². The Bertz CT molecular complexity index is 847. The molecule has 2 heterocycles. The zero-order chi connectivity index (χ0) is 19.3. The first-order valence-corrected chi connectivity index (χ1v) is 11.4. The molecule has 0 bridgehead atoms. The number of thioether (sulfide) groups is 1. The van der Waals surface area contributed by atoms with Gasteiger partial charge in [-0.05, 0) is 66.8 Å². The van der Waals surface area contributed by atoms with Gasteiger partial charge in [0.05, 0.1) is 5.54 Å². The van der Waals surface area contributed by atoms with Crippen LogP contribution in [0.25, 0.3) is 0 Å². The van der Waals surface area contributed by atoms with E-state index in [1.54, 1.807) is 23.9 Å². The lowest BCUT2D eigenvalue weighted by Crippen LogP contribution is -2.71. The second-order valence-corrected chi connectivity index (χ2v) is 11.5. The lowest BCUT2D eigenvalue weighted by Gasteiger charge is -2.56. The molecule has 3 atom stereocenters. The predicted molar refractivity (Wildman–Crippen MR) is 119 cm³/mol. The quantitative estimate of drug-likeness (QED) is 0.314. The van der Waals surface area contributed by atoms with E-state index in [-0.39, 0.29) is 25.9 Å². The number of hydrogen-bond donors (Lipinski definition) is 3. The first-order chi connectivity index (χ1) is 12.7. The van der Waals surface area contributed by atoms with E-state index in [2.05, 4.69) is 65.5 Å². The predicted octanol–water partition coefficient (Wildman–Crippen LogP) is 4.88. The number of aromatic hydroxyl groups is 1. The first-order valence-electron chi connectivity index (χ1n) is 9.12. The summed E-state index contributed by atoms with van der Waals surface area (Å²) in [5, 5.41) is 17.7. The minimum atomic E-state index is -0.284. The fourth-order valence-electron chi connectivity index (χ4n) is 4.48. The van der Waals surface area contributed by atoms with Crippen molar-refractivity contribution in [2.75, 3.05) is 6.26 Å². The lowest BCUT2D eigenvalue weighted by atomic mass is 9.72. The lowest BCUT2D eigenvalue weighted by molar-refractivity contribution is 0.0488. The van der Waals surface area contributed by atoms with Gasteiger partial charge in [0.25, 0.3) is 0 Å². The van der Waals surface area contributed by atoms with Crippen LogP contribution in [0, 0.1) is 0 Å². The van der Waals surface area contributed by atoms with Gasteiger partial charge in [-0.25, -0.2) is 0 Å². The second kappa shape index (κ2) is 6.83.